The maximum Gasteiger partial charge on any atom is 0.206 e. The van der Waals surface area contributed by atoms with Gasteiger partial charge in [0.05, 0.1) is 11.3 Å². The highest BCUT2D eigenvalue weighted by Crippen LogP contribution is 2.41. The Kier molecular flexibility index (Phi) is 2.24. The number of Topliss-reactive ketones (excluding diaryl/α,β-unsaturated/α-hetero) is 1. The lowest BCUT2D eigenvalue weighted by molar-refractivity contribution is 0.00458. The summed E-state index contributed by atoms with van der Waals surface area (Å²) in [5, 5.41) is 29.7. The molecule has 1 aliphatic carbocycles. The normalized spacial score (nSPS) is 24.8. The minimum atomic E-state index is -1.78. The van der Waals surface area contributed by atoms with Crippen molar-refractivity contribution < 1.29 is 24.9 Å². The van der Waals surface area contributed by atoms with Gasteiger partial charge in [0, 0.05) is 6.07 Å². The molecule has 0 aromatic heterocycles. The number of fused-ring (bicyclic) bond motifs is 2. The van der Waals surface area contributed by atoms with Crippen molar-refractivity contribution in [2.75, 3.05) is 6.61 Å². The van der Waals surface area contributed by atoms with Crippen LogP contribution in [0.2, 0.25) is 0 Å². The molecule has 5 nitrogen and oxygen atoms in total. The zero-order chi connectivity index (χ0) is 13.8. The number of rotatable bonds is 0. The summed E-state index contributed by atoms with van der Waals surface area (Å²) in [6, 6.07) is 2.45. The molecule has 98 valence electrons. The molecule has 1 aromatic rings. The first-order chi connectivity index (χ1) is 8.91. The Labute approximate surface area is 109 Å². The van der Waals surface area contributed by atoms with Gasteiger partial charge < -0.3 is 20.1 Å². The van der Waals surface area contributed by atoms with Crippen LogP contribution in [0, 0.1) is 0 Å². The number of hydrogen-bond acceptors (Lipinski definition) is 5. The quantitative estimate of drug-likeness (QED) is 0.655. The molecule has 0 fully saturated rings. The number of phenolic OH excluding ortho intramolecular Hbond substituents is 2. The van der Waals surface area contributed by atoms with Gasteiger partial charge in [0.15, 0.2) is 5.60 Å². The summed E-state index contributed by atoms with van der Waals surface area (Å²) in [4.78, 5) is 12.4. The second-order valence-electron chi connectivity index (χ2n) is 4.76. The van der Waals surface area contributed by atoms with E-state index in [1.165, 1.54) is 6.07 Å². The Morgan fingerprint density at radius 1 is 1.26 bits per heavy atom. The van der Waals surface area contributed by atoms with E-state index >= 15 is 0 Å². The molecule has 0 spiro atoms. The van der Waals surface area contributed by atoms with Crippen LogP contribution in [0.3, 0.4) is 0 Å². The number of ketones is 1. The van der Waals surface area contributed by atoms with E-state index in [0.717, 1.165) is 6.07 Å². The highest BCUT2D eigenvalue weighted by molar-refractivity contribution is 6.12. The molecule has 1 aliphatic heterocycles. The van der Waals surface area contributed by atoms with Crippen molar-refractivity contribution in [3.05, 3.63) is 40.7 Å². The predicted molar refractivity (Wildman–Crippen MR) is 66.7 cm³/mol. The summed E-state index contributed by atoms with van der Waals surface area (Å²) in [5.41, 5.74) is -0.992. The predicted octanol–water partition coefficient (Wildman–Crippen LogP) is 1.34. The van der Waals surface area contributed by atoms with Crippen LogP contribution in [0.4, 0.5) is 0 Å². The summed E-state index contributed by atoms with van der Waals surface area (Å²) in [5.74, 6) is -0.521. The van der Waals surface area contributed by atoms with Crippen LogP contribution >= 0.6 is 0 Å². The monoisotopic (exact) mass is 260 g/mol. The molecule has 5 heteroatoms. The molecule has 0 saturated heterocycles. The Balaban J connectivity index is 2.30. The summed E-state index contributed by atoms with van der Waals surface area (Å²) >= 11 is 0. The number of carbonyl (C=O) groups excluding carboxylic acids is 1. The third kappa shape index (κ3) is 1.55. The first-order valence-corrected chi connectivity index (χ1v) is 5.78. The van der Waals surface area contributed by atoms with E-state index < -0.39 is 11.4 Å². The first kappa shape index (κ1) is 11.8. The number of ether oxygens (including phenoxy) is 1. The van der Waals surface area contributed by atoms with Gasteiger partial charge in [-0.1, -0.05) is 0 Å². The standard InChI is InChI=1S/C14H12O5/c1-7-2-9-3-8-4-10(15)5-11(16)12(8)13(17)14(9,18)6-19-7/h2-5,15-16,18H,6H2,1H3. The highest BCUT2D eigenvalue weighted by Gasteiger charge is 2.47. The second-order valence-corrected chi connectivity index (χ2v) is 4.76. The molecule has 0 radical (unpaired) electrons. The number of carbonyl (C=O) groups is 1. The summed E-state index contributed by atoms with van der Waals surface area (Å²) in [6.45, 7) is 1.54. The average Bonchev–Trinajstić information content (AvgIpc) is 2.31. The fourth-order valence-electron chi connectivity index (χ4n) is 2.41. The van der Waals surface area contributed by atoms with Crippen molar-refractivity contribution >= 4 is 11.9 Å². The zero-order valence-electron chi connectivity index (χ0n) is 10.2. The zero-order valence-corrected chi connectivity index (χ0v) is 10.2. The van der Waals surface area contributed by atoms with E-state index in [4.69, 9.17) is 4.74 Å². The minimum absolute atomic E-state index is 0.000558. The van der Waals surface area contributed by atoms with Crippen molar-refractivity contribution in [1.82, 2.24) is 0 Å². The number of phenols is 2. The third-order valence-electron chi connectivity index (χ3n) is 3.39. The van der Waals surface area contributed by atoms with Gasteiger partial charge in [-0.15, -0.1) is 0 Å². The fourth-order valence-corrected chi connectivity index (χ4v) is 2.41. The van der Waals surface area contributed by atoms with Crippen LogP contribution in [0.25, 0.3) is 6.08 Å². The molecule has 0 bridgehead atoms. The van der Waals surface area contributed by atoms with Crippen molar-refractivity contribution in [2.45, 2.75) is 12.5 Å². The topological polar surface area (TPSA) is 87.0 Å². The molecule has 1 unspecified atom stereocenters. The molecule has 19 heavy (non-hydrogen) atoms. The molecular weight excluding hydrogens is 248 g/mol. The van der Waals surface area contributed by atoms with E-state index in [9.17, 15) is 20.1 Å². The Hall–Kier alpha value is -2.27. The van der Waals surface area contributed by atoms with E-state index in [1.807, 2.05) is 0 Å². The minimum Gasteiger partial charge on any atom is -0.508 e. The van der Waals surface area contributed by atoms with Gasteiger partial charge in [-0.25, -0.2) is 0 Å². The summed E-state index contributed by atoms with van der Waals surface area (Å²) in [6.07, 6.45) is 3.15. The maximum atomic E-state index is 12.4. The maximum absolute atomic E-state index is 12.4. The smallest absolute Gasteiger partial charge is 0.206 e. The number of allylic oxidation sites excluding steroid dienone is 1. The molecule has 0 amide bonds. The van der Waals surface area contributed by atoms with Crippen LogP contribution < -0.4 is 0 Å². The van der Waals surface area contributed by atoms with E-state index in [1.54, 1.807) is 19.1 Å². The number of aromatic hydroxyl groups is 2. The lowest BCUT2D eigenvalue weighted by atomic mass is 9.77. The van der Waals surface area contributed by atoms with Gasteiger partial charge in [-0.2, -0.15) is 0 Å². The van der Waals surface area contributed by atoms with Gasteiger partial charge in [0.1, 0.15) is 18.1 Å². The highest BCUT2D eigenvalue weighted by atomic mass is 16.5. The lowest BCUT2D eigenvalue weighted by Gasteiger charge is -2.35. The third-order valence-corrected chi connectivity index (χ3v) is 3.39. The Morgan fingerprint density at radius 2 is 2.00 bits per heavy atom. The van der Waals surface area contributed by atoms with Crippen molar-refractivity contribution in [3.63, 3.8) is 0 Å². The van der Waals surface area contributed by atoms with Gasteiger partial charge in [0.2, 0.25) is 5.78 Å². The first-order valence-electron chi connectivity index (χ1n) is 5.78. The average molecular weight is 260 g/mol. The number of benzene rings is 1. The van der Waals surface area contributed by atoms with Gasteiger partial charge in [-0.3, -0.25) is 4.79 Å². The van der Waals surface area contributed by atoms with Crippen LogP contribution in [0.15, 0.2) is 29.5 Å². The molecular formula is C14H12O5. The summed E-state index contributed by atoms with van der Waals surface area (Å²) in [7, 11) is 0. The van der Waals surface area contributed by atoms with Crippen LogP contribution in [-0.2, 0) is 4.74 Å². The molecule has 1 atom stereocenters. The fraction of sp³-hybridized carbons (Fsp3) is 0.214. The second kappa shape index (κ2) is 3.61. The van der Waals surface area contributed by atoms with Crippen LogP contribution in [0.1, 0.15) is 22.8 Å². The lowest BCUT2D eigenvalue weighted by Crippen LogP contribution is -2.48. The van der Waals surface area contributed by atoms with E-state index in [2.05, 4.69) is 0 Å². The van der Waals surface area contributed by atoms with Crippen molar-refractivity contribution in [3.8, 4) is 11.5 Å². The van der Waals surface area contributed by atoms with Crippen molar-refractivity contribution in [2.24, 2.45) is 0 Å². The van der Waals surface area contributed by atoms with Gasteiger partial charge in [0.25, 0.3) is 0 Å². The molecule has 1 heterocycles. The van der Waals surface area contributed by atoms with Gasteiger partial charge in [-0.05, 0) is 36.3 Å². The molecule has 3 N–H and O–H groups in total. The number of hydrogen-bond donors (Lipinski definition) is 3. The van der Waals surface area contributed by atoms with E-state index in [-0.39, 0.29) is 23.7 Å². The summed E-state index contributed by atoms with van der Waals surface area (Å²) < 4.78 is 5.22. The SMILES string of the molecule is CC1=CC2=Cc3cc(O)cc(O)c3C(=O)C2(O)CO1. The molecule has 0 saturated carbocycles. The van der Waals surface area contributed by atoms with E-state index in [0.29, 0.717) is 16.9 Å². The molecule has 3 rings (SSSR count). The Morgan fingerprint density at radius 3 is 2.74 bits per heavy atom. The largest absolute Gasteiger partial charge is 0.508 e. The molecule has 2 aliphatic rings. The van der Waals surface area contributed by atoms with Crippen LogP contribution in [0.5, 0.6) is 11.5 Å². The molecule has 1 aromatic carbocycles. The number of aliphatic hydroxyl groups is 1. The van der Waals surface area contributed by atoms with Crippen LogP contribution in [-0.4, -0.2) is 33.3 Å². The Bertz CT molecular complexity index is 656. The van der Waals surface area contributed by atoms with Gasteiger partial charge >= 0.3 is 0 Å². The van der Waals surface area contributed by atoms with Crippen molar-refractivity contribution in [1.29, 1.82) is 0 Å².